The van der Waals surface area contributed by atoms with Gasteiger partial charge in [-0.15, -0.1) is 0 Å². The molecule has 1 atom stereocenters. The van der Waals surface area contributed by atoms with Crippen LogP contribution in [0.25, 0.3) is 0 Å². The lowest BCUT2D eigenvalue weighted by Crippen LogP contribution is -2.38. The fraction of sp³-hybridized carbons (Fsp3) is 0.579. The second-order valence-electron chi connectivity index (χ2n) is 8.80. The van der Waals surface area contributed by atoms with Gasteiger partial charge in [0.05, 0.1) is 14.8 Å². The molecule has 1 rings (SSSR count). The van der Waals surface area contributed by atoms with Crippen molar-refractivity contribution in [3.05, 3.63) is 48.4 Å². The van der Waals surface area contributed by atoms with Gasteiger partial charge in [-0.25, -0.2) is 8.42 Å². The van der Waals surface area contributed by atoms with Gasteiger partial charge in [-0.1, -0.05) is 25.0 Å². The quantitative estimate of drug-likeness (QED) is 0.185. The number of benzene rings is 1. The van der Waals surface area contributed by atoms with Crippen molar-refractivity contribution in [2.75, 3.05) is 12.0 Å². The maximum atomic E-state index is 13.0. The average molecular weight is 508 g/mol. The van der Waals surface area contributed by atoms with Crippen LogP contribution in [0.2, 0.25) is 0 Å². The van der Waals surface area contributed by atoms with Gasteiger partial charge in [0.25, 0.3) is 4.92 Å². The van der Waals surface area contributed by atoms with E-state index < -0.39 is 57.0 Å². The van der Waals surface area contributed by atoms with Crippen LogP contribution in [0.3, 0.4) is 0 Å². The molecule has 14 heteroatoms. The molecule has 0 N–H and O–H groups in total. The molecule has 0 saturated heterocycles. The van der Waals surface area contributed by atoms with E-state index in [1.54, 1.807) is 6.26 Å². The zero-order chi connectivity index (χ0) is 26.1. The molecule has 0 saturated carbocycles. The lowest BCUT2D eigenvalue weighted by Gasteiger charge is -2.46. The van der Waals surface area contributed by atoms with E-state index >= 15 is 0 Å². The molecule has 33 heavy (non-hydrogen) atoms. The second-order valence-corrected chi connectivity index (χ2v) is 13.6. The molecule has 12 nitrogen and oxygen atoms in total. The highest BCUT2D eigenvalue weighted by atomic mass is 32.3. The maximum Gasteiger partial charge on any atom is 0.331 e. The van der Waals surface area contributed by atoms with Crippen molar-refractivity contribution in [1.82, 2.24) is 0 Å². The zero-order valence-electron chi connectivity index (χ0n) is 19.8. The van der Waals surface area contributed by atoms with Crippen molar-refractivity contribution in [1.29, 1.82) is 0 Å². The highest BCUT2D eigenvalue weighted by molar-refractivity contribution is 8.30. The topological polar surface area (TPSA) is 173 Å². The summed E-state index contributed by atoms with van der Waals surface area (Å²) in [7, 11) is -7.86. The highest BCUT2D eigenvalue weighted by Crippen LogP contribution is 2.61. The van der Waals surface area contributed by atoms with Gasteiger partial charge in [-0.05, 0) is 50.8 Å². The van der Waals surface area contributed by atoms with Crippen LogP contribution < -0.4 is 0 Å². The molecule has 0 radical (unpaired) electrons. The van der Waals surface area contributed by atoms with Gasteiger partial charge >= 0.3 is 17.1 Å². The molecule has 0 aromatic heterocycles. The van der Waals surface area contributed by atoms with Crippen LogP contribution in [0.5, 0.6) is 0 Å². The Morgan fingerprint density at radius 2 is 1.45 bits per heavy atom. The van der Waals surface area contributed by atoms with Crippen molar-refractivity contribution in [2.24, 2.45) is 5.92 Å². The fourth-order valence-electron chi connectivity index (χ4n) is 2.77. The maximum absolute atomic E-state index is 13.0. The van der Waals surface area contributed by atoms with E-state index in [0.717, 1.165) is 11.1 Å². The van der Waals surface area contributed by atoms with Crippen LogP contribution in [-0.2, 0) is 14.4 Å². The van der Waals surface area contributed by atoms with E-state index in [9.17, 15) is 38.1 Å². The van der Waals surface area contributed by atoms with Crippen molar-refractivity contribution in [3.63, 3.8) is 0 Å². The molecule has 1 unspecified atom stereocenters. The third kappa shape index (κ3) is 6.06. The van der Waals surface area contributed by atoms with Crippen molar-refractivity contribution < 1.29 is 32.0 Å². The van der Waals surface area contributed by atoms with Crippen LogP contribution >= 0.6 is 10.3 Å². The predicted molar refractivity (Wildman–Crippen MR) is 123 cm³/mol. The van der Waals surface area contributed by atoms with Gasteiger partial charge < -0.3 is 4.55 Å². The number of hydrogen-bond acceptors (Lipinski definition) is 9. The summed E-state index contributed by atoms with van der Waals surface area (Å²) in [4.78, 5) is 31.6. The number of nitrogens with zero attached hydrogens (tertiary/aromatic N) is 3. The summed E-state index contributed by atoms with van der Waals surface area (Å²) in [5, 5.41) is 22.8. The third-order valence-corrected chi connectivity index (χ3v) is 11.0. The first-order valence-electron chi connectivity index (χ1n) is 9.74. The Hall–Kier alpha value is -2.58. The summed E-state index contributed by atoms with van der Waals surface area (Å²) in [6.07, 6.45) is 1.77. The van der Waals surface area contributed by atoms with E-state index in [2.05, 4.69) is 0 Å². The normalized spacial score (nSPS) is 14.8. The molecule has 0 heterocycles. The zero-order valence-corrected chi connectivity index (χ0v) is 21.4. The number of nitro benzene ring substituents is 2. The number of nitro groups is 2. The van der Waals surface area contributed by atoms with Gasteiger partial charge in [0.1, 0.15) is 22.3 Å². The Kier molecular flexibility index (Phi) is 8.39. The van der Waals surface area contributed by atoms with Gasteiger partial charge in [0.15, 0.2) is 0 Å². The molecule has 0 aliphatic heterocycles. The van der Waals surface area contributed by atoms with Crippen LogP contribution in [0.1, 0.15) is 48.5 Å². The van der Waals surface area contributed by atoms with Crippen LogP contribution in [0.4, 0.5) is 17.1 Å². The van der Waals surface area contributed by atoms with Gasteiger partial charge in [-0.2, -0.15) is 4.28 Å². The van der Waals surface area contributed by atoms with E-state index in [1.165, 1.54) is 0 Å². The summed E-state index contributed by atoms with van der Waals surface area (Å²) >= 11 is 0. The first-order valence-corrected chi connectivity index (χ1v) is 13.3. The second kappa shape index (κ2) is 9.73. The minimum Gasteiger partial charge on any atom is -0.744 e. The Morgan fingerprint density at radius 3 is 1.76 bits per heavy atom. The lowest BCUT2D eigenvalue weighted by atomic mass is 10.00. The smallest absolute Gasteiger partial charge is 0.331 e. The third-order valence-electron chi connectivity index (χ3n) is 5.97. The summed E-state index contributed by atoms with van der Waals surface area (Å²) in [5.74, 6) is 0.434. The number of hydrogen-bond donors (Lipinski definition) is 0. The number of rotatable bonds is 10. The predicted octanol–water partition coefficient (Wildman–Crippen LogP) is 4.89. The Labute approximate surface area is 194 Å². The fourth-order valence-corrected chi connectivity index (χ4v) is 6.67. The molecular formula is C19H29N3O9S2. The lowest BCUT2D eigenvalue weighted by molar-refractivity contribution is -0.697. The molecule has 1 aromatic rings. The first kappa shape index (κ1) is 28.5. The largest absolute Gasteiger partial charge is 0.744 e. The molecule has 0 aliphatic carbocycles. The number of allylic oxidation sites excluding steroid dienone is 1. The van der Waals surface area contributed by atoms with E-state index in [1.807, 2.05) is 48.5 Å². The standard InChI is InChI=1S/C19H29N3O9S2/c1-12(2)14(5)11-32(8,19(6,7)13(3)4)31-22(27)15-9-16(20(23)24)18(33(28,29)30)17(10-15)21(25)26/h9-10,13H,11H2,1-8H3. The summed E-state index contributed by atoms with van der Waals surface area (Å²) in [6, 6.07) is 0.974. The molecule has 0 aliphatic rings. The van der Waals surface area contributed by atoms with Gasteiger partial charge in [0, 0.05) is 16.8 Å². The van der Waals surface area contributed by atoms with E-state index in [4.69, 9.17) is 4.28 Å². The van der Waals surface area contributed by atoms with E-state index in [-0.39, 0.29) is 10.8 Å². The van der Waals surface area contributed by atoms with Crippen LogP contribution in [0, 0.1) is 31.1 Å². The Bertz CT molecular complexity index is 1090. The van der Waals surface area contributed by atoms with Gasteiger partial charge in [-0.3, -0.25) is 20.2 Å². The molecule has 0 bridgehead atoms. The molecule has 0 amide bonds. The average Bonchev–Trinajstić information content (AvgIpc) is 2.65. The molecular weight excluding hydrogens is 478 g/mol. The first-order chi connectivity index (χ1) is 14.8. The SMILES string of the molecule is CC(C)=C(C)CS(C)(O[N+](=O)c1cc([N+](=O)[O-])c(S(=O)(=O)[O-])c([N+](=O)[O-])c1)C(C)(C)C(C)C. The highest BCUT2D eigenvalue weighted by Gasteiger charge is 2.47. The Morgan fingerprint density at radius 1 is 1.03 bits per heavy atom. The van der Waals surface area contributed by atoms with E-state index in [0.29, 0.717) is 17.9 Å². The van der Waals surface area contributed by atoms with Crippen LogP contribution in [-0.4, -0.2) is 44.5 Å². The Balaban J connectivity index is 3.76. The van der Waals surface area contributed by atoms with Crippen molar-refractivity contribution >= 4 is 37.5 Å². The van der Waals surface area contributed by atoms with Gasteiger partial charge in [0.2, 0.25) is 4.90 Å². The summed E-state index contributed by atoms with van der Waals surface area (Å²) in [5.41, 5.74) is -1.43. The van der Waals surface area contributed by atoms with Crippen molar-refractivity contribution in [3.8, 4) is 0 Å². The molecule has 0 fully saturated rings. The minimum atomic E-state index is -5.59. The monoisotopic (exact) mass is 507 g/mol. The van der Waals surface area contributed by atoms with Crippen LogP contribution in [0.15, 0.2) is 28.2 Å². The molecule has 186 valence electrons. The summed E-state index contributed by atoms with van der Waals surface area (Å²) in [6.45, 7) is 13.4. The molecule has 0 spiro atoms. The minimum absolute atomic E-state index is 0.0486. The summed E-state index contributed by atoms with van der Waals surface area (Å²) < 4.78 is 39.8. The molecule has 1 aromatic carbocycles. The van der Waals surface area contributed by atoms with Crippen molar-refractivity contribution in [2.45, 2.75) is 58.1 Å².